The standard InChI is InChI=1S/C13H13ClN2O2S/c1-2-3-8-16-11-7-5-4-6-10(11)13(14)12(9-15)19(16,17)18/h4-7H,2-3,8H2,1H3. The SMILES string of the molecule is CCCCN1c2ccccc2C(Cl)=C(C#N)S1(=O)=O. The first kappa shape index (κ1) is 13.9. The molecule has 0 saturated heterocycles. The molecule has 19 heavy (non-hydrogen) atoms. The van der Waals surface area contributed by atoms with Crippen molar-refractivity contribution in [2.75, 3.05) is 10.8 Å². The Morgan fingerprint density at radius 3 is 2.68 bits per heavy atom. The molecular formula is C13H13ClN2O2S. The van der Waals surface area contributed by atoms with Gasteiger partial charge in [0.25, 0.3) is 10.0 Å². The fourth-order valence-electron chi connectivity index (χ4n) is 2.00. The molecule has 1 aliphatic rings. The quantitative estimate of drug-likeness (QED) is 0.861. The van der Waals surface area contributed by atoms with Gasteiger partial charge in [0.05, 0.1) is 10.7 Å². The average molecular weight is 297 g/mol. The highest BCUT2D eigenvalue weighted by Crippen LogP contribution is 2.40. The molecule has 6 heteroatoms. The van der Waals surface area contributed by atoms with Crippen molar-refractivity contribution in [1.29, 1.82) is 5.26 Å². The number of benzene rings is 1. The molecule has 0 bridgehead atoms. The van der Waals surface area contributed by atoms with Crippen LogP contribution in [-0.2, 0) is 10.0 Å². The van der Waals surface area contributed by atoms with Crippen LogP contribution in [-0.4, -0.2) is 15.0 Å². The molecule has 100 valence electrons. The zero-order chi connectivity index (χ0) is 14.0. The lowest BCUT2D eigenvalue weighted by molar-refractivity contribution is 0.595. The van der Waals surface area contributed by atoms with Gasteiger partial charge in [0, 0.05) is 12.1 Å². The molecule has 1 heterocycles. The lowest BCUT2D eigenvalue weighted by atomic mass is 10.1. The third kappa shape index (κ3) is 2.22. The van der Waals surface area contributed by atoms with Gasteiger partial charge in [-0.2, -0.15) is 5.26 Å². The number of unbranched alkanes of at least 4 members (excludes halogenated alkanes) is 1. The number of fused-ring (bicyclic) bond motifs is 1. The van der Waals surface area contributed by atoms with Gasteiger partial charge >= 0.3 is 0 Å². The fourth-order valence-corrected chi connectivity index (χ4v) is 3.96. The summed E-state index contributed by atoms with van der Waals surface area (Å²) in [4.78, 5) is -0.371. The summed E-state index contributed by atoms with van der Waals surface area (Å²) in [6.45, 7) is 2.34. The van der Waals surface area contributed by atoms with Gasteiger partial charge in [0.2, 0.25) is 0 Å². The molecule has 0 unspecified atom stereocenters. The minimum atomic E-state index is -3.83. The van der Waals surface area contributed by atoms with Gasteiger partial charge in [-0.15, -0.1) is 0 Å². The summed E-state index contributed by atoms with van der Waals surface area (Å²) in [7, 11) is -3.83. The van der Waals surface area contributed by atoms with Gasteiger partial charge in [-0.1, -0.05) is 43.1 Å². The zero-order valence-electron chi connectivity index (χ0n) is 10.4. The molecule has 0 radical (unpaired) electrons. The first-order valence-electron chi connectivity index (χ1n) is 5.96. The topological polar surface area (TPSA) is 61.2 Å². The molecule has 0 aromatic heterocycles. The minimum Gasteiger partial charge on any atom is -0.265 e. The lowest BCUT2D eigenvalue weighted by Gasteiger charge is -2.30. The van der Waals surface area contributed by atoms with Crippen LogP contribution in [0.4, 0.5) is 5.69 Å². The van der Waals surface area contributed by atoms with E-state index < -0.39 is 10.0 Å². The number of sulfonamides is 1. The Bertz CT molecular complexity index is 674. The van der Waals surface area contributed by atoms with Crippen molar-refractivity contribution in [3.8, 4) is 6.07 Å². The van der Waals surface area contributed by atoms with Crippen LogP contribution in [0.2, 0.25) is 0 Å². The van der Waals surface area contributed by atoms with Crippen molar-refractivity contribution in [2.24, 2.45) is 0 Å². The smallest absolute Gasteiger partial charge is 0.265 e. The monoisotopic (exact) mass is 296 g/mol. The van der Waals surface area contributed by atoms with E-state index in [1.165, 1.54) is 4.31 Å². The molecule has 0 saturated carbocycles. The van der Waals surface area contributed by atoms with Gasteiger partial charge < -0.3 is 0 Å². The molecule has 0 atom stereocenters. The van der Waals surface area contributed by atoms with E-state index in [0.717, 1.165) is 12.8 Å². The molecule has 0 aliphatic carbocycles. The largest absolute Gasteiger partial charge is 0.276 e. The van der Waals surface area contributed by atoms with Crippen LogP contribution in [0.3, 0.4) is 0 Å². The van der Waals surface area contributed by atoms with E-state index in [4.69, 9.17) is 16.9 Å². The maximum Gasteiger partial charge on any atom is 0.276 e. The van der Waals surface area contributed by atoms with E-state index in [0.29, 0.717) is 17.8 Å². The number of hydrogen-bond acceptors (Lipinski definition) is 3. The van der Waals surface area contributed by atoms with E-state index in [-0.39, 0.29) is 9.94 Å². The van der Waals surface area contributed by atoms with Crippen molar-refractivity contribution >= 4 is 32.3 Å². The average Bonchev–Trinajstić information content (AvgIpc) is 2.38. The molecule has 1 aliphatic heterocycles. The zero-order valence-corrected chi connectivity index (χ0v) is 12.0. The maximum absolute atomic E-state index is 12.4. The molecule has 0 N–H and O–H groups in total. The van der Waals surface area contributed by atoms with E-state index in [2.05, 4.69) is 0 Å². The first-order valence-corrected chi connectivity index (χ1v) is 7.77. The van der Waals surface area contributed by atoms with Crippen LogP contribution in [0.25, 0.3) is 5.03 Å². The second kappa shape index (κ2) is 5.24. The summed E-state index contributed by atoms with van der Waals surface area (Å²) in [6, 6.07) is 8.67. The summed E-state index contributed by atoms with van der Waals surface area (Å²) in [5, 5.41) is 9.07. The van der Waals surface area contributed by atoms with E-state index in [1.807, 2.05) is 6.92 Å². The predicted molar refractivity (Wildman–Crippen MR) is 76.0 cm³/mol. The first-order chi connectivity index (χ1) is 9.04. The lowest BCUT2D eigenvalue weighted by Crippen LogP contribution is -2.35. The Morgan fingerprint density at radius 1 is 1.37 bits per heavy atom. The maximum atomic E-state index is 12.4. The number of para-hydroxylation sites is 1. The third-order valence-electron chi connectivity index (χ3n) is 2.97. The van der Waals surface area contributed by atoms with Gasteiger partial charge in [0.1, 0.15) is 6.07 Å². The van der Waals surface area contributed by atoms with E-state index in [9.17, 15) is 8.42 Å². The van der Waals surface area contributed by atoms with Crippen LogP contribution in [0.5, 0.6) is 0 Å². The Kier molecular flexibility index (Phi) is 3.83. The van der Waals surface area contributed by atoms with Crippen molar-refractivity contribution < 1.29 is 8.42 Å². The third-order valence-corrected chi connectivity index (χ3v) is 5.25. The fraction of sp³-hybridized carbons (Fsp3) is 0.308. The van der Waals surface area contributed by atoms with Crippen LogP contribution in [0, 0.1) is 11.3 Å². The van der Waals surface area contributed by atoms with Crippen molar-refractivity contribution in [3.63, 3.8) is 0 Å². The number of anilines is 1. The van der Waals surface area contributed by atoms with Gasteiger partial charge in [0.15, 0.2) is 4.91 Å². The van der Waals surface area contributed by atoms with Crippen molar-refractivity contribution in [2.45, 2.75) is 19.8 Å². The molecule has 2 rings (SSSR count). The summed E-state index contributed by atoms with van der Waals surface area (Å²) in [5.41, 5.74) is 1.13. The van der Waals surface area contributed by atoms with E-state index >= 15 is 0 Å². The Labute approximate surface area is 118 Å². The van der Waals surface area contributed by atoms with Crippen LogP contribution in [0.1, 0.15) is 25.3 Å². The van der Waals surface area contributed by atoms with Crippen molar-refractivity contribution in [1.82, 2.24) is 0 Å². The Balaban J connectivity index is 2.67. The van der Waals surface area contributed by atoms with Gasteiger partial charge in [-0.05, 0) is 12.5 Å². The number of allylic oxidation sites excluding steroid dienone is 1. The molecular weight excluding hydrogens is 284 g/mol. The number of rotatable bonds is 3. The molecule has 1 aromatic rings. The molecule has 1 aromatic carbocycles. The second-order valence-corrected chi connectivity index (χ2v) is 6.38. The minimum absolute atomic E-state index is 0.00542. The highest BCUT2D eigenvalue weighted by atomic mass is 35.5. The van der Waals surface area contributed by atoms with Gasteiger partial charge in [-0.3, -0.25) is 4.31 Å². The summed E-state index contributed by atoms with van der Waals surface area (Å²) in [5.74, 6) is 0. The second-order valence-electron chi connectivity index (χ2n) is 4.20. The van der Waals surface area contributed by atoms with Crippen molar-refractivity contribution in [3.05, 3.63) is 34.7 Å². The molecule has 0 spiro atoms. The number of halogens is 1. The molecule has 0 amide bonds. The Hall–Kier alpha value is -1.51. The number of hydrogen-bond donors (Lipinski definition) is 0. The normalized spacial score (nSPS) is 17.0. The Morgan fingerprint density at radius 2 is 2.05 bits per heavy atom. The predicted octanol–water partition coefficient (Wildman–Crippen LogP) is 3.07. The van der Waals surface area contributed by atoms with Crippen LogP contribution < -0.4 is 4.31 Å². The molecule has 0 fully saturated rings. The number of nitrogens with zero attached hydrogens (tertiary/aromatic N) is 2. The van der Waals surface area contributed by atoms with E-state index in [1.54, 1.807) is 30.3 Å². The summed E-state index contributed by atoms with van der Waals surface area (Å²) < 4.78 is 26.0. The number of nitriles is 1. The van der Waals surface area contributed by atoms with Gasteiger partial charge in [-0.25, -0.2) is 8.42 Å². The summed E-state index contributed by atoms with van der Waals surface area (Å²) in [6.07, 6.45) is 1.59. The van der Waals surface area contributed by atoms with Crippen LogP contribution in [0.15, 0.2) is 29.2 Å². The highest BCUT2D eigenvalue weighted by Gasteiger charge is 2.36. The highest BCUT2D eigenvalue weighted by molar-refractivity contribution is 7.97. The summed E-state index contributed by atoms with van der Waals surface area (Å²) >= 11 is 6.05. The van der Waals surface area contributed by atoms with Crippen LogP contribution >= 0.6 is 11.6 Å². The molecule has 4 nitrogen and oxygen atoms in total.